The maximum atomic E-state index is 12.6. The fourth-order valence-corrected chi connectivity index (χ4v) is 4.04. The first-order valence-electron chi connectivity index (χ1n) is 8.11. The molecule has 0 saturated heterocycles. The average Bonchev–Trinajstić information content (AvgIpc) is 2.53. The third kappa shape index (κ3) is 2.43. The summed E-state index contributed by atoms with van der Waals surface area (Å²) < 4.78 is 6.00. The van der Waals surface area contributed by atoms with Gasteiger partial charge in [-0.15, -0.1) is 0 Å². The molecule has 23 heavy (non-hydrogen) atoms. The molecule has 1 heterocycles. The minimum atomic E-state index is -0.312. The van der Waals surface area contributed by atoms with Crippen LogP contribution in [0.5, 0.6) is 0 Å². The summed E-state index contributed by atoms with van der Waals surface area (Å²) in [5.74, 6) is 1.41. The van der Waals surface area contributed by atoms with E-state index in [9.17, 15) is 9.59 Å². The first-order chi connectivity index (χ1) is 11.1. The summed E-state index contributed by atoms with van der Waals surface area (Å²) in [4.78, 5) is 25.1. The van der Waals surface area contributed by atoms with E-state index in [4.69, 9.17) is 16.3 Å². The van der Waals surface area contributed by atoms with E-state index in [0.717, 1.165) is 42.8 Å². The number of ether oxygens (including phenoxy) is 1. The quantitative estimate of drug-likeness (QED) is 0.764. The Morgan fingerprint density at radius 2 is 1.52 bits per heavy atom. The molecule has 0 unspecified atom stereocenters. The number of carbonyl (C=O) groups excluding carboxylic acids is 2. The largest absolute Gasteiger partial charge is 0.465 e. The van der Waals surface area contributed by atoms with E-state index < -0.39 is 0 Å². The Morgan fingerprint density at radius 1 is 0.913 bits per heavy atom. The molecule has 1 aliphatic heterocycles. The molecule has 0 bridgehead atoms. The predicted octanol–water partition coefficient (Wildman–Crippen LogP) is 4.47. The summed E-state index contributed by atoms with van der Waals surface area (Å²) in [5, 5.41) is 0.616. The fraction of sp³-hybridized carbons (Fsp3) is 0.368. The molecule has 0 saturated carbocycles. The Kier molecular flexibility index (Phi) is 3.61. The molecule has 118 valence electrons. The lowest BCUT2D eigenvalue weighted by atomic mass is 9.73. The molecule has 4 heteroatoms. The highest BCUT2D eigenvalue weighted by atomic mass is 35.5. The van der Waals surface area contributed by atoms with Crippen LogP contribution in [-0.2, 0) is 14.3 Å². The molecule has 1 aromatic rings. The van der Waals surface area contributed by atoms with E-state index in [-0.39, 0.29) is 17.5 Å². The average molecular weight is 329 g/mol. The van der Waals surface area contributed by atoms with Crippen molar-refractivity contribution in [2.45, 2.75) is 44.4 Å². The Labute approximate surface area is 140 Å². The molecule has 3 nitrogen and oxygen atoms in total. The van der Waals surface area contributed by atoms with Gasteiger partial charge >= 0.3 is 0 Å². The van der Waals surface area contributed by atoms with Crippen molar-refractivity contribution in [2.75, 3.05) is 0 Å². The first-order valence-corrected chi connectivity index (χ1v) is 8.49. The van der Waals surface area contributed by atoms with Crippen LogP contribution in [0.4, 0.5) is 0 Å². The highest BCUT2D eigenvalue weighted by molar-refractivity contribution is 6.30. The molecule has 0 radical (unpaired) electrons. The van der Waals surface area contributed by atoms with Crippen molar-refractivity contribution in [1.82, 2.24) is 0 Å². The lowest BCUT2D eigenvalue weighted by Gasteiger charge is -2.36. The zero-order valence-corrected chi connectivity index (χ0v) is 13.5. The summed E-state index contributed by atoms with van der Waals surface area (Å²) in [7, 11) is 0. The highest BCUT2D eigenvalue weighted by Gasteiger charge is 2.41. The number of hydrogen-bond acceptors (Lipinski definition) is 3. The Balaban J connectivity index is 1.92. The minimum absolute atomic E-state index is 0.0983. The van der Waals surface area contributed by atoms with Crippen molar-refractivity contribution < 1.29 is 14.3 Å². The van der Waals surface area contributed by atoms with E-state index >= 15 is 0 Å². The van der Waals surface area contributed by atoms with E-state index in [0.29, 0.717) is 29.0 Å². The molecule has 0 aromatic heterocycles. The van der Waals surface area contributed by atoms with Gasteiger partial charge in [0.25, 0.3) is 0 Å². The van der Waals surface area contributed by atoms with Crippen molar-refractivity contribution in [2.24, 2.45) is 0 Å². The summed E-state index contributed by atoms with van der Waals surface area (Å²) in [6, 6.07) is 7.48. The van der Waals surface area contributed by atoms with Gasteiger partial charge in [-0.1, -0.05) is 23.7 Å². The maximum Gasteiger partial charge on any atom is 0.163 e. The van der Waals surface area contributed by atoms with E-state index in [1.807, 2.05) is 18.2 Å². The van der Waals surface area contributed by atoms with E-state index in [1.165, 1.54) is 0 Å². The molecule has 0 atom stereocenters. The number of benzene rings is 1. The van der Waals surface area contributed by atoms with Gasteiger partial charge in [-0.3, -0.25) is 9.59 Å². The van der Waals surface area contributed by atoms with E-state index in [2.05, 4.69) is 0 Å². The zero-order valence-electron chi connectivity index (χ0n) is 12.7. The smallest absolute Gasteiger partial charge is 0.163 e. The van der Waals surface area contributed by atoms with Gasteiger partial charge in [-0.2, -0.15) is 0 Å². The van der Waals surface area contributed by atoms with Crippen molar-refractivity contribution in [3.05, 3.63) is 57.5 Å². The normalized spacial score (nSPS) is 22.0. The zero-order chi connectivity index (χ0) is 16.0. The standard InChI is InChI=1S/C19H17ClO3/c20-12-5-1-4-11(10-12)17-18-13(21)6-2-8-15(18)23-16-9-3-7-14(22)19(16)17/h1,4-5,10,17H,2-3,6-9H2. The SMILES string of the molecule is O=C1CCCC2=C1C(c1cccc(Cl)c1)C1=C(CCCC1=O)O2. The molecular formula is C19H17ClO3. The van der Waals surface area contributed by atoms with Crippen LogP contribution in [0.1, 0.15) is 50.0 Å². The van der Waals surface area contributed by atoms with Crippen LogP contribution in [0.25, 0.3) is 0 Å². The van der Waals surface area contributed by atoms with Gasteiger partial charge in [-0.05, 0) is 30.5 Å². The molecular weight excluding hydrogens is 312 g/mol. The Morgan fingerprint density at radius 3 is 2.09 bits per heavy atom. The van der Waals surface area contributed by atoms with E-state index in [1.54, 1.807) is 6.07 Å². The predicted molar refractivity (Wildman–Crippen MR) is 87.0 cm³/mol. The lowest BCUT2D eigenvalue weighted by Crippen LogP contribution is -2.30. The van der Waals surface area contributed by atoms with Gasteiger partial charge in [0.05, 0.1) is 0 Å². The highest BCUT2D eigenvalue weighted by Crippen LogP contribution is 2.47. The third-order valence-corrected chi connectivity index (χ3v) is 5.06. The van der Waals surface area contributed by atoms with Gasteiger partial charge < -0.3 is 4.74 Å². The second-order valence-electron chi connectivity index (χ2n) is 6.32. The maximum absolute atomic E-state index is 12.6. The van der Waals surface area contributed by atoms with Gasteiger partial charge in [0.15, 0.2) is 11.6 Å². The van der Waals surface area contributed by atoms with Crippen LogP contribution in [0.3, 0.4) is 0 Å². The van der Waals surface area contributed by atoms with Crippen LogP contribution in [0.15, 0.2) is 46.9 Å². The van der Waals surface area contributed by atoms with Crippen molar-refractivity contribution >= 4 is 23.2 Å². The second-order valence-corrected chi connectivity index (χ2v) is 6.75. The number of hydrogen-bond donors (Lipinski definition) is 0. The van der Waals surface area contributed by atoms with Crippen molar-refractivity contribution in [3.63, 3.8) is 0 Å². The van der Waals surface area contributed by atoms with Crippen LogP contribution >= 0.6 is 11.6 Å². The fourth-order valence-electron chi connectivity index (χ4n) is 3.84. The molecule has 0 amide bonds. The van der Waals surface area contributed by atoms with Crippen LogP contribution in [0, 0.1) is 0 Å². The number of halogens is 1. The Bertz CT molecular complexity index is 731. The molecule has 0 fully saturated rings. The first kappa shape index (κ1) is 14.7. The van der Waals surface area contributed by atoms with Crippen molar-refractivity contribution in [3.8, 4) is 0 Å². The number of ketones is 2. The number of Topliss-reactive ketones (excluding diaryl/α,β-unsaturated/α-hetero) is 2. The molecule has 3 aliphatic rings. The van der Waals surface area contributed by atoms with Crippen molar-refractivity contribution in [1.29, 1.82) is 0 Å². The molecule has 4 rings (SSSR count). The second kappa shape index (κ2) is 5.64. The van der Waals surface area contributed by atoms with Crippen LogP contribution < -0.4 is 0 Å². The Hall–Kier alpha value is -1.87. The van der Waals surface area contributed by atoms with Gasteiger partial charge in [0.2, 0.25) is 0 Å². The van der Waals surface area contributed by atoms with Gasteiger partial charge in [0, 0.05) is 47.8 Å². The van der Waals surface area contributed by atoms with Crippen LogP contribution in [0.2, 0.25) is 5.02 Å². The molecule has 2 aliphatic carbocycles. The topological polar surface area (TPSA) is 43.4 Å². The van der Waals surface area contributed by atoms with Gasteiger partial charge in [0.1, 0.15) is 11.5 Å². The monoisotopic (exact) mass is 328 g/mol. The van der Waals surface area contributed by atoms with Gasteiger partial charge in [-0.25, -0.2) is 0 Å². The molecule has 0 spiro atoms. The minimum Gasteiger partial charge on any atom is -0.465 e. The molecule has 1 aromatic carbocycles. The number of rotatable bonds is 1. The summed E-state index contributed by atoms with van der Waals surface area (Å²) in [5.41, 5.74) is 2.26. The summed E-state index contributed by atoms with van der Waals surface area (Å²) in [6.45, 7) is 0. The summed E-state index contributed by atoms with van der Waals surface area (Å²) in [6.07, 6.45) is 4.21. The lowest BCUT2D eigenvalue weighted by molar-refractivity contribution is -0.117. The number of allylic oxidation sites excluding steroid dienone is 4. The number of carbonyl (C=O) groups is 2. The molecule has 0 N–H and O–H groups in total. The summed E-state index contributed by atoms with van der Waals surface area (Å²) >= 11 is 6.15. The van der Waals surface area contributed by atoms with Crippen LogP contribution in [-0.4, -0.2) is 11.6 Å². The third-order valence-electron chi connectivity index (χ3n) is 4.82.